The fourth-order valence-corrected chi connectivity index (χ4v) is 2.81. The minimum Gasteiger partial charge on any atom is -0.478 e. The molecule has 2 rings (SSSR count). The highest BCUT2D eigenvalue weighted by atomic mass is 79.9. The molecule has 1 heterocycles. The number of aryl methyl sites for hydroxylation is 2. The average Bonchev–Trinajstić information content (AvgIpc) is 2.66. The minimum absolute atomic E-state index is 0.268. The average molecular weight is 337 g/mol. The maximum Gasteiger partial charge on any atom is 0.336 e. The summed E-state index contributed by atoms with van der Waals surface area (Å²) in [7, 11) is 0. The highest BCUT2D eigenvalue weighted by Gasteiger charge is 2.16. The van der Waals surface area contributed by atoms with Gasteiger partial charge in [-0.2, -0.15) is 5.10 Å². The standard InChI is InChI=1S/C15H17BrN2O2/c1-4-7-18-10(3)14(9(2)17-18)11-5-6-13(16)12(8-11)15(19)20/h5-6,8H,4,7H2,1-3H3,(H,19,20). The lowest BCUT2D eigenvalue weighted by Crippen LogP contribution is -2.01. The lowest BCUT2D eigenvalue weighted by molar-refractivity contribution is 0.0696. The number of carbonyl (C=O) groups is 1. The molecule has 4 nitrogen and oxygen atoms in total. The second-order valence-electron chi connectivity index (χ2n) is 4.77. The first kappa shape index (κ1) is 14.8. The van der Waals surface area contributed by atoms with Crippen LogP contribution in [0.3, 0.4) is 0 Å². The van der Waals surface area contributed by atoms with Gasteiger partial charge >= 0.3 is 5.97 Å². The highest BCUT2D eigenvalue weighted by Crippen LogP contribution is 2.30. The molecule has 0 radical (unpaired) electrons. The molecule has 1 aromatic carbocycles. The van der Waals surface area contributed by atoms with Crippen LogP contribution in [0.15, 0.2) is 22.7 Å². The zero-order chi connectivity index (χ0) is 14.9. The number of halogens is 1. The van der Waals surface area contributed by atoms with Gasteiger partial charge in [-0.05, 0) is 53.9 Å². The van der Waals surface area contributed by atoms with Crippen LogP contribution in [-0.4, -0.2) is 20.9 Å². The van der Waals surface area contributed by atoms with Crippen LogP contribution in [0, 0.1) is 13.8 Å². The molecular formula is C15H17BrN2O2. The van der Waals surface area contributed by atoms with E-state index in [1.807, 2.05) is 24.6 Å². The molecule has 0 saturated heterocycles. The van der Waals surface area contributed by atoms with Crippen molar-refractivity contribution in [3.63, 3.8) is 0 Å². The second-order valence-corrected chi connectivity index (χ2v) is 5.62. The van der Waals surface area contributed by atoms with E-state index in [0.29, 0.717) is 4.47 Å². The van der Waals surface area contributed by atoms with Crippen molar-refractivity contribution in [1.29, 1.82) is 0 Å². The Morgan fingerprint density at radius 1 is 1.40 bits per heavy atom. The molecule has 0 fully saturated rings. The Bertz CT molecular complexity index is 662. The maximum absolute atomic E-state index is 11.2. The van der Waals surface area contributed by atoms with Crippen molar-refractivity contribution in [2.45, 2.75) is 33.7 Å². The molecule has 5 heteroatoms. The molecule has 2 aromatic rings. The Balaban J connectivity index is 2.57. The van der Waals surface area contributed by atoms with Crippen molar-refractivity contribution in [3.05, 3.63) is 39.6 Å². The zero-order valence-corrected chi connectivity index (χ0v) is 13.4. The molecular weight excluding hydrogens is 320 g/mol. The molecule has 0 amide bonds. The molecule has 0 spiro atoms. The van der Waals surface area contributed by atoms with Gasteiger partial charge in [-0.15, -0.1) is 0 Å². The van der Waals surface area contributed by atoms with E-state index in [2.05, 4.69) is 28.0 Å². The van der Waals surface area contributed by atoms with Crippen LogP contribution in [-0.2, 0) is 6.54 Å². The van der Waals surface area contributed by atoms with E-state index < -0.39 is 5.97 Å². The maximum atomic E-state index is 11.2. The Morgan fingerprint density at radius 2 is 2.10 bits per heavy atom. The molecule has 0 aliphatic carbocycles. The summed E-state index contributed by atoms with van der Waals surface area (Å²) < 4.78 is 2.57. The fraction of sp³-hybridized carbons (Fsp3) is 0.333. The van der Waals surface area contributed by atoms with E-state index in [-0.39, 0.29) is 5.56 Å². The van der Waals surface area contributed by atoms with Crippen LogP contribution in [0.1, 0.15) is 35.1 Å². The van der Waals surface area contributed by atoms with Gasteiger partial charge in [0, 0.05) is 22.3 Å². The van der Waals surface area contributed by atoms with E-state index in [1.54, 1.807) is 12.1 Å². The Hall–Kier alpha value is -1.62. The molecule has 106 valence electrons. The van der Waals surface area contributed by atoms with Crippen LogP contribution in [0.2, 0.25) is 0 Å². The third-order valence-corrected chi connectivity index (χ3v) is 3.99. The third-order valence-electron chi connectivity index (χ3n) is 3.30. The molecule has 20 heavy (non-hydrogen) atoms. The van der Waals surface area contributed by atoms with Crippen molar-refractivity contribution in [2.24, 2.45) is 0 Å². The van der Waals surface area contributed by atoms with Gasteiger partial charge < -0.3 is 5.11 Å². The largest absolute Gasteiger partial charge is 0.478 e. The number of carboxylic acids is 1. The minimum atomic E-state index is -0.935. The van der Waals surface area contributed by atoms with Gasteiger partial charge in [-0.3, -0.25) is 4.68 Å². The van der Waals surface area contributed by atoms with Gasteiger partial charge in [0.25, 0.3) is 0 Å². The van der Waals surface area contributed by atoms with E-state index in [0.717, 1.165) is 35.5 Å². The number of nitrogens with zero attached hydrogens (tertiary/aromatic N) is 2. The van der Waals surface area contributed by atoms with Crippen molar-refractivity contribution in [2.75, 3.05) is 0 Å². The van der Waals surface area contributed by atoms with Gasteiger partial charge in [0.2, 0.25) is 0 Å². The topological polar surface area (TPSA) is 55.1 Å². The van der Waals surface area contributed by atoms with Gasteiger partial charge in [0.15, 0.2) is 0 Å². The quantitative estimate of drug-likeness (QED) is 0.916. The Labute approximate surface area is 126 Å². The van der Waals surface area contributed by atoms with Crippen molar-refractivity contribution in [3.8, 4) is 11.1 Å². The monoisotopic (exact) mass is 336 g/mol. The summed E-state index contributed by atoms with van der Waals surface area (Å²) in [6.45, 7) is 6.96. The van der Waals surface area contributed by atoms with E-state index in [1.165, 1.54) is 0 Å². The van der Waals surface area contributed by atoms with Gasteiger partial charge in [-0.25, -0.2) is 4.79 Å². The number of hydrogen-bond donors (Lipinski definition) is 1. The number of carboxylic acid groups (broad SMARTS) is 1. The summed E-state index contributed by atoms with van der Waals surface area (Å²) in [5.41, 5.74) is 4.18. The number of rotatable bonds is 4. The summed E-state index contributed by atoms with van der Waals surface area (Å²) >= 11 is 3.27. The molecule has 1 aromatic heterocycles. The lowest BCUT2D eigenvalue weighted by Gasteiger charge is -2.06. The van der Waals surface area contributed by atoms with Gasteiger partial charge in [-0.1, -0.05) is 13.0 Å². The summed E-state index contributed by atoms with van der Waals surface area (Å²) in [4.78, 5) is 11.2. The molecule has 0 unspecified atom stereocenters. The van der Waals surface area contributed by atoms with Crippen LogP contribution >= 0.6 is 15.9 Å². The SMILES string of the molecule is CCCn1nc(C)c(-c2ccc(Br)c(C(=O)O)c2)c1C. The number of aromatic carboxylic acids is 1. The smallest absolute Gasteiger partial charge is 0.336 e. The number of benzene rings is 1. The van der Waals surface area contributed by atoms with Crippen LogP contribution in [0.4, 0.5) is 0 Å². The number of aromatic nitrogens is 2. The lowest BCUT2D eigenvalue weighted by atomic mass is 10.0. The fourth-order valence-electron chi connectivity index (χ4n) is 2.39. The molecule has 0 saturated carbocycles. The van der Waals surface area contributed by atoms with Crippen molar-refractivity contribution in [1.82, 2.24) is 9.78 Å². The summed E-state index contributed by atoms with van der Waals surface area (Å²) in [6.07, 6.45) is 1.02. The number of hydrogen-bond acceptors (Lipinski definition) is 2. The molecule has 0 aliphatic rings. The summed E-state index contributed by atoms with van der Waals surface area (Å²) in [5, 5.41) is 13.7. The van der Waals surface area contributed by atoms with E-state index in [4.69, 9.17) is 0 Å². The van der Waals surface area contributed by atoms with Crippen LogP contribution < -0.4 is 0 Å². The molecule has 1 N–H and O–H groups in total. The predicted octanol–water partition coefficient (Wildman–Crippen LogP) is 4.04. The summed E-state index contributed by atoms with van der Waals surface area (Å²) in [5.74, 6) is -0.935. The Morgan fingerprint density at radius 3 is 2.70 bits per heavy atom. The van der Waals surface area contributed by atoms with E-state index >= 15 is 0 Å². The highest BCUT2D eigenvalue weighted by molar-refractivity contribution is 9.10. The first-order valence-corrected chi connectivity index (χ1v) is 7.32. The van der Waals surface area contributed by atoms with Crippen molar-refractivity contribution < 1.29 is 9.90 Å². The predicted molar refractivity (Wildman–Crippen MR) is 82.1 cm³/mol. The summed E-state index contributed by atoms with van der Waals surface area (Å²) in [6, 6.07) is 5.39. The zero-order valence-electron chi connectivity index (χ0n) is 11.8. The third kappa shape index (κ3) is 2.63. The first-order valence-electron chi connectivity index (χ1n) is 6.53. The van der Waals surface area contributed by atoms with Gasteiger partial charge in [0.05, 0.1) is 11.3 Å². The molecule has 0 atom stereocenters. The van der Waals surface area contributed by atoms with Gasteiger partial charge in [0.1, 0.15) is 0 Å². The normalized spacial score (nSPS) is 10.8. The van der Waals surface area contributed by atoms with Crippen molar-refractivity contribution >= 4 is 21.9 Å². The van der Waals surface area contributed by atoms with E-state index in [9.17, 15) is 9.90 Å². The van der Waals surface area contributed by atoms with Crippen LogP contribution in [0.25, 0.3) is 11.1 Å². The molecule has 0 bridgehead atoms. The molecule has 0 aliphatic heterocycles. The van der Waals surface area contributed by atoms with Crippen LogP contribution in [0.5, 0.6) is 0 Å². The first-order chi connectivity index (χ1) is 9.45. The Kier molecular flexibility index (Phi) is 4.28. The second kappa shape index (κ2) is 5.79.